The fraction of sp³-hybridized carbons (Fsp3) is 0.308. The molecule has 0 spiro atoms. The molecule has 0 aliphatic heterocycles. The minimum absolute atomic E-state index is 0. The summed E-state index contributed by atoms with van der Waals surface area (Å²) in [7, 11) is 1.66. The molecule has 0 N–H and O–H groups in total. The van der Waals surface area contributed by atoms with Crippen LogP contribution in [0.1, 0.15) is 19.8 Å². The fourth-order valence-electron chi connectivity index (χ4n) is 0.507. The summed E-state index contributed by atoms with van der Waals surface area (Å²) in [5, 5.41) is 0. The van der Waals surface area contributed by atoms with Crippen LogP contribution in [-0.4, -0.2) is 7.11 Å². The number of hydrogen-bond donors (Lipinski definition) is 0. The van der Waals surface area contributed by atoms with Crippen LogP contribution in [0.2, 0.25) is 0 Å². The summed E-state index contributed by atoms with van der Waals surface area (Å²) in [6.45, 7) is 3.78. The van der Waals surface area contributed by atoms with Gasteiger partial charge in [0.05, 0.1) is 0 Å². The summed E-state index contributed by atoms with van der Waals surface area (Å²) in [6.07, 6.45) is 11.0. The quantitative estimate of drug-likeness (QED) is 0.521. The molecule has 0 aromatic heterocycles. The molecule has 0 bridgehead atoms. The summed E-state index contributed by atoms with van der Waals surface area (Å²) >= 11 is 0. The van der Waals surface area contributed by atoms with Crippen molar-refractivity contribution in [2.24, 2.45) is 0 Å². The van der Waals surface area contributed by atoms with Crippen molar-refractivity contribution in [1.29, 1.82) is 0 Å². The average molecular weight is 246 g/mol. The summed E-state index contributed by atoms with van der Waals surface area (Å²) in [4.78, 5) is 0. The Morgan fingerprint density at radius 1 is 1.27 bits per heavy atom. The monoisotopic (exact) mass is 246 g/mol. The zero-order chi connectivity index (χ0) is 7.66. The molecule has 0 radical (unpaired) electrons. The Morgan fingerprint density at radius 3 is 1.87 bits per heavy atom. The van der Waals surface area contributed by atoms with Gasteiger partial charge in [0, 0.05) is 21.7 Å². The smallest absolute Gasteiger partial charge is 0 e. The second-order valence-electron chi connectivity index (χ2n) is 1.81. The van der Waals surface area contributed by atoms with E-state index in [4.69, 9.17) is 0 Å². The molecular formula is C13H26OTi-6. The number of methoxy groups -OCH3 is 1. The van der Waals surface area contributed by atoms with Crippen molar-refractivity contribution in [3.63, 3.8) is 0 Å². The van der Waals surface area contributed by atoms with Crippen LogP contribution in [-0.2, 0) is 26.5 Å². The average Bonchev–Trinajstić information content (AvgIpc) is 2.44. The van der Waals surface area contributed by atoms with Crippen molar-refractivity contribution in [2.45, 2.75) is 19.8 Å². The number of rotatable bonds is 2. The Morgan fingerprint density at radius 2 is 1.80 bits per heavy atom. The molecule has 0 aromatic carbocycles. The molecule has 1 nitrogen and oxygen atoms in total. The second-order valence-corrected chi connectivity index (χ2v) is 1.81. The fourth-order valence-corrected chi connectivity index (χ4v) is 0.507. The molecule has 0 amide bonds. The third kappa shape index (κ3) is 40.9. The zero-order valence-corrected chi connectivity index (χ0v) is 12.7. The van der Waals surface area contributed by atoms with Gasteiger partial charge < -0.3 is 34.4 Å². The summed E-state index contributed by atoms with van der Waals surface area (Å²) in [6, 6.07) is 0. The molecular weight excluding hydrogens is 220 g/mol. The van der Waals surface area contributed by atoms with Crippen LogP contribution in [0.4, 0.5) is 0 Å². The van der Waals surface area contributed by atoms with Gasteiger partial charge in [0.15, 0.2) is 0 Å². The topological polar surface area (TPSA) is 9.23 Å². The zero-order valence-electron chi connectivity index (χ0n) is 11.1. The van der Waals surface area contributed by atoms with Crippen LogP contribution < -0.4 is 0 Å². The first kappa shape index (κ1) is 36.2. The predicted molar refractivity (Wildman–Crippen MR) is 68.8 cm³/mol. The molecule has 94 valence electrons. The maximum Gasteiger partial charge on any atom is 0 e. The van der Waals surface area contributed by atoms with E-state index in [1.807, 2.05) is 19.1 Å². The Kier molecular flexibility index (Phi) is 89.0. The molecule has 0 saturated carbocycles. The summed E-state index contributed by atoms with van der Waals surface area (Å²) < 4.78 is 4.57. The molecule has 0 saturated heterocycles. The molecule has 1 aliphatic carbocycles. The van der Waals surface area contributed by atoms with E-state index in [2.05, 4.69) is 16.9 Å². The number of hydrogen-bond acceptors (Lipinski definition) is 1. The molecule has 0 atom stereocenters. The van der Waals surface area contributed by atoms with Crippen LogP contribution >= 0.6 is 0 Å². The number of ether oxygens (including phenoxy) is 1. The van der Waals surface area contributed by atoms with Crippen LogP contribution in [0.25, 0.3) is 0 Å². The van der Waals surface area contributed by atoms with E-state index in [0.29, 0.717) is 0 Å². The van der Waals surface area contributed by atoms with E-state index in [9.17, 15) is 0 Å². The third-order valence-corrected chi connectivity index (χ3v) is 0.919. The predicted octanol–water partition coefficient (Wildman–Crippen LogP) is 4.31. The maximum absolute atomic E-state index is 4.57. The Labute approximate surface area is 114 Å². The van der Waals surface area contributed by atoms with Gasteiger partial charge in [-0.25, -0.2) is 18.8 Å². The van der Waals surface area contributed by atoms with Gasteiger partial charge in [0.1, 0.15) is 0 Å². The minimum atomic E-state index is 0. The first-order valence-electron chi connectivity index (χ1n) is 3.48. The third-order valence-electron chi connectivity index (χ3n) is 0.919. The first-order valence-corrected chi connectivity index (χ1v) is 3.48. The van der Waals surface area contributed by atoms with Gasteiger partial charge in [-0.1, -0.05) is 6.92 Å². The van der Waals surface area contributed by atoms with Gasteiger partial charge in [0.2, 0.25) is 0 Å². The molecule has 0 heterocycles. The van der Waals surface area contributed by atoms with E-state index in [0.717, 1.165) is 12.8 Å². The normalized spacial score (nSPS) is 8.67. The van der Waals surface area contributed by atoms with Crippen LogP contribution in [0.3, 0.4) is 0 Å². The summed E-state index contributed by atoms with van der Waals surface area (Å²) in [5.74, 6) is 0. The van der Waals surface area contributed by atoms with Gasteiger partial charge in [-0.3, -0.25) is 6.08 Å². The largest absolute Gasteiger partial charge is 0.554 e. The van der Waals surface area contributed by atoms with Crippen molar-refractivity contribution >= 4 is 0 Å². The van der Waals surface area contributed by atoms with Gasteiger partial charge in [-0.2, -0.15) is 12.5 Å². The molecule has 0 unspecified atom stereocenters. The van der Waals surface area contributed by atoms with Crippen LogP contribution in [0.5, 0.6) is 0 Å². The van der Waals surface area contributed by atoms with Crippen LogP contribution in [0.15, 0.2) is 18.2 Å². The summed E-state index contributed by atoms with van der Waals surface area (Å²) in [5.41, 5.74) is 0. The molecule has 15 heavy (non-hydrogen) atoms. The van der Waals surface area contributed by atoms with Gasteiger partial charge in [-0.05, 0) is 7.11 Å². The molecule has 1 aliphatic rings. The van der Waals surface area contributed by atoms with Gasteiger partial charge in [-0.15, -0.1) is 6.42 Å². The molecule has 0 fully saturated rings. The second kappa shape index (κ2) is 36.8. The van der Waals surface area contributed by atoms with Crippen molar-refractivity contribution in [2.75, 3.05) is 7.11 Å². The van der Waals surface area contributed by atoms with E-state index >= 15 is 0 Å². The van der Waals surface area contributed by atoms with Crippen molar-refractivity contribution in [3.05, 3.63) is 60.6 Å². The number of allylic oxidation sites excluding steroid dienone is 4. The molecule has 1 rings (SSSR count). The molecule has 0 aromatic rings. The van der Waals surface area contributed by atoms with Crippen molar-refractivity contribution in [3.8, 4) is 0 Å². The Hall–Kier alpha value is 0.154. The van der Waals surface area contributed by atoms with Gasteiger partial charge >= 0.3 is 0 Å². The minimum Gasteiger partial charge on any atom is -0.554 e. The molecule has 2 heteroatoms. The SMILES string of the molecule is CC[CH-]OC.[C-]1=CC=CC1.[CH3-].[CH3-].[CH3-].[CH3-].[Ti]. The van der Waals surface area contributed by atoms with Gasteiger partial charge in [0.25, 0.3) is 0 Å². The van der Waals surface area contributed by atoms with E-state index in [-0.39, 0.29) is 51.4 Å². The van der Waals surface area contributed by atoms with Crippen molar-refractivity contribution in [1.82, 2.24) is 0 Å². The maximum atomic E-state index is 4.57. The standard InChI is InChI=1S/C5H5.C4H9O.4CH3.Ti/c1-2-4-5-3-1;1-3-4-5-2;;;;;/h1-3H,4H2;4H,3H2,1-2H3;4*1H3;/q6*-1;. The first-order chi connectivity index (χ1) is 4.91. The van der Waals surface area contributed by atoms with Crippen LogP contribution in [0, 0.1) is 42.4 Å². The Balaban J connectivity index is -0.0000000202. The van der Waals surface area contributed by atoms with E-state index < -0.39 is 0 Å². The Bertz CT molecular complexity index is 97.1. The van der Waals surface area contributed by atoms with E-state index in [1.165, 1.54) is 0 Å². The van der Waals surface area contributed by atoms with E-state index in [1.54, 1.807) is 13.7 Å². The van der Waals surface area contributed by atoms with Crippen molar-refractivity contribution < 1.29 is 26.5 Å².